The summed E-state index contributed by atoms with van der Waals surface area (Å²) in [6.45, 7) is 0. The standard InChI is InChI=1S/C15H13BrO2S/c16-9-11-4-3-6-13(8-11)19-10-12-5-1-2-7-14(12)15(17)18/h1-8H,9-10H2,(H,17,18). The van der Waals surface area contributed by atoms with E-state index in [0.29, 0.717) is 11.3 Å². The van der Waals surface area contributed by atoms with Gasteiger partial charge in [0.25, 0.3) is 0 Å². The zero-order valence-electron chi connectivity index (χ0n) is 10.2. The predicted octanol–water partition coefficient (Wildman–Crippen LogP) is 4.57. The summed E-state index contributed by atoms with van der Waals surface area (Å²) in [6.07, 6.45) is 0. The van der Waals surface area contributed by atoms with E-state index < -0.39 is 5.97 Å². The molecule has 0 fully saturated rings. The Morgan fingerprint density at radius 2 is 1.95 bits per heavy atom. The lowest BCUT2D eigenvalue weighted by Crippen LogP contribution is -2.00. The van der Waals surface area contributed by atoms with Crippen molar-refractivity contribution in [1.82, 2.24) is 0 Å². The summed E-state index contributed by atoms with van der Waals surface area (Å²) in [4.78, 5) is 12.3. The summed E-state index contributed by atoms with van der Waals surface area (Å²) in [5, 5.41) is 9.96. The van der Waals surface area contributed by atoms with Crippen molar-refractivity contribution in [2.45, 2.75) is 16.0 Å². The van der Waals surface area contributed by atoms with E-state index >= 15 is 0 Å². The number of thioether (sulfide) groups is 1. The molecule has 0 spiro atoms. The quantitative estimate of drug-likeness (QED) is 0.641. The van der Waals surface area contributed by atoms with Crippen molar-refractivity contribution in [3.8, 4) is 0 Å². The van der Waals surface area contributed by atoms with Crippen LogP contribution in [-0.2, 0) is 11.1 Å². The van der Waals surface area contributed by atoms with Crippen LogP contribution in [0, 0.1) is 0 Å². The highest BCUT2D eigenvalue weighted by Crippen LogP contribution is 2.25. The molecule has 0 aromatic heterocycles. The third kappa shape index (κ3) is 3.85. The SMILES string of the molecule is O=C(O)c1ccccc1CSc1cccc(CBr)c1. The summed E-state index contributed by atoms with van der Waals surface area (Å²) < 4.78 is 0. The monoisotopic (exact) mass is 336 g/mol. The van der Waals surface area contributed by atoms with Gasteiger partial charge in [-0.05, 0) is 29.3 Å². The van der Waals surface area contributed by atoms with Crippen LogP contribution in [0.3, 0.4) is 0 Å². The van der Waals surface area contributed by atoms with Crippen LogP contribution >= 0.6 is 27.7 Å². The summed E-state index contributed by atoms with van der Waals surface area (Å²) in [5.41, 5.74) is 2.45. The zero-order valence-corrected chi connectivity index (χ0v) is 12.6. The van der Waals surface area contributed by atoms with Gasteiger partial charge in [0.05, 0.1) is 5.56 Å². The average Bonchev–Trinajstić information content (AvgIpc) is 2.45. The Morgan fingerprint density at radius 3 is 2.68 bits per heavy atom. The molecular formula is C15H13BrO2S. The lowest BCUT2D eigenvalue weighted by molar-refractivity contribution is 0.0696. The van der Waals surface area contributed by atoms with Crippen molar-refractivity contribution in [1.29, 1.82) is 0 Å². The molecule has 4 heteroatoms. The first-order valence-corrected chi connectivity index (χ1v) is 7.90. The molecule has 0 heterocycles. The normalized spacial score (nSPS) is 10.4. The van der Waals surface area contributed by atoms with E-state index in [1.807, 2.05) is 24.3 Å². The fourth-order valence-electron chi connectivity index (χ4n) is 1.73. The first kappa shape index (κ1) is 14.2. The molecule has 0 atom stereocenters. The van der Waals surface area contributed by atoms with Crippen LogP contribution in [0.4, 0.5) is 0 Å². The van der Waals surface area contributed by atoms with Crippen LogP contribution in [0.15, 0.2) is 53.4 Å². The van der Waals surface area contributed by atoms with Crippen molar-refractivity contribution < 1.29 is 9.90 Å². The van der Waals surface area contributed by atoms with E-state index in [0.717, 1.165) is 15.8 Å². The number of halogens is 1. The molecule has 0 radical (unpaired) electrons. The Balaban J connectivity index is 2.12. The van der Waals surface area contributed by atoms with Crippen molar-refractivity contribution >= 4 is 33.7 Å². The first-order chi connectivity index (χ1) is 9.20. The van der Waals surface area contributed by atoms with E-state index in [1.54, 1.807) is 23.9 Å². The number of carboxylic acid groups (broad SMARTS) is 1. The van der Waals surface area contributed by atoms with Crippen LogP contribution in [0.5, 0.6) is 0 Å². The third-order valence-corrected chi connectivity index (χ3v) is 4.38. The number of carboxylic acids is 1. The van der Waals surface area contributed by atoms with Gasteiger partial charge < -0.3 is 5.11 Å². The van der Waals surface area contributed by atoms with Gasteiger partial charge in [-0.1, -0.05) is 46.3 Å². The van der Waals surface area contributed by atoms with Gasteiger partial charge in [-0.25, -0.2) is 4.79 Å². The highest BCUT2D eigenvalue weighted by molar-refractivity contribution is 9.08. The molecule has 2 rings (SSSR count). The van der Waals surface area contributed by atoms with Gasteiger partial charge in [0, 0.05) is 16.0 Å². The van der Waals surface area contributed by atoms with Crippen LogP contribution in [0.2, 0.25) is 0 Å². The highest BCUT2D eigenvalue weighted by Gasteiger charge is 2.09. The summed E-state index contributed by atoms with van der Waals surface area (Å²) in [6, 6.07) is 15.4. The second-order valence-electron chi connectivity index (χ2n) is 4.03. The maximum absolute atomic E-state index is 11.1. The Labute approximate surface area is 125 Å². The molecule has 0 aliphatic rings. The number of aromatic carboxylic acids is 1. The van der Waals surface area contributed by atoms with E-state index in [1.165, 1.54) is 5.56 Å². The zero-order chi connectivity index (χ0) is 13.7. The molecule has 0 aliphatic carbocycles. The van der Waals surface area contributed by atoms with Gasteiger partial charge in [-0.3, -0.25) is 0 Å². The number of benzene rings is 2. The second-order valence-corrected chi connectivity index (χ2v) is 5.64. The maximum Gasteiger partial charge on any atom is 0.335 e. The number of rotatable bonds is 5. The summed E-state index contributed by atoms with van der Waals surface area (Å²) >= 11 is 5.08. The first-order valence-electron chi connectivity index (χ1n) is 5.79. The Bertz CT molecular complexity index is 584. The molecule has 2 nitrogen and oxygen atoms in total. The van der Waals surface area contributed by atoms with Crippen LogP contribution in [-0.4, -0.2) is 11.1 Å². The number of hydrogen-bond acceptors (Lipinski definition) is 2. The summed E-state index contributed by atoms with van der Waals surface area (Å²) in [5.74, 6) is -0.209. The number of hydrogen-bond donors (Lipinski definition) is 1. The predicted molar refractivity (Wildman–Crippen MR) is 82.0 cm³/mol. The fraction of sp³-hybridized carbons (Fsp3) is 0.133. The Kier molecular flexibility index (Phi) is 5.05. The minimum atomic E-state index is -0.870. The number of carbonyl (C=O) groups is 1. The van der Waals surface area contributed by atoms with E-state index in [-0.39, 0.29) is 0 Å². The molecule has 0 bridgehead atoms. The molecule has 0 aliphatic heterocycles. The van der Waals surface area contributed by atoms with Crippen molar-refractivity contribution in [2.24, 2.45) is 0 Å². The molecule has 0 unspecified atom stereocenters. The summed E-state index contributed by atoms with van der Waals surface area (Å²) in [7, 11) is 0. The maximum atomic E-state index is 11.1. The minimum Gasteiger partial charge on any atom is -0.478 e. The van der Waals surface area contributed by atoms with Crippen molar-refractivity contribution in [3.63, 3.8) is 0 Å². The van der Waals surface area contributed by atoms with E-state index in [2.05, 4.69) is 28.1 Å². The van der Waals surface area contributed by atoms with Gasteiger partial charge in [0.1, 0.15) is 0 Å². The average molecular weight is 337 g/mol. The minimum absolute atomic E-state index is 0.381. The Morgan fingerprint density at radius 1 is 1.16 bits per heavy atom. The fourth-order valence-corrected chi connectivity index (χ4v) is 3.07. The molecule has 2 aromatic rings. The lowest BCUT2D eigenvalue weighted by Gasteiger charge is -2.06. The molecule has 0 saturated carbocycles. The van der Waals surface area contributed by atoms with Crippen molar-refractivity contribution in [2.75, 3.05) is 0 Å². The molecule has 98 valence electrons. The highest BCUT2D eigenvalue weighted by atomic mass is 79.9. The van der Waals surface area contributed by atoms with Crippen LogP contribution < -0.4 is 0 Å². The smallest absolute Gasteiger partial charge is 0.335 e. The van der Waals surface area contributed by atoms with E-state index in [4.69, 9.17) is 5.11 Å². The second kappa shape index (κ2) is 6.78. The largest absolute Gasteiger partial charge is 0.478 e. The van der Waals surface area contributed by atoms with Gasteiger partial charge in [-0.2, -0.15) is 0 Å². The third-order valence-electron chi connectivity index (χ3n) is 2.69. The van der Waals surface area contributed by atoms with Crippen LogP contribution in [0.25, 0.3) is 0 Å². The van der Waals surface area contributed by atoms with Gasteiger partial charge in [0.15, 0.2) is 0 Å². The topological polar surface area (TPSA) is 37.3 Å². The molecule has 0 saturated heterocycles. The molecule has 2 aromatic carbocycles. The Hall–Kier alpha value is -1.26. The molecule has 19 heavy (non-hydrogen) atoms. The van der Waals surface area contributed by atoms with Crippen molar-refractivity contribution in [3.05, 3.63) is 65.2 Å². The molecule has 0 amide bonds. The van der Waals surface area contributed by atoms with Crippen LogP contribution in [0.1, 0.15) is 21.5 Å². The van der Waals surface area contributed by atoms with Gasteiger partial charge in [-0.15, -0.1) is 11.8 Å². The lowest BCUT2D eigenvalue weighted by atomic mass is 10.1. The van der Waals surface area contributed by atoms with Gasteiger partial charge in [0.2, 0.25) is 0 Å². The number of alkyl halides is 1. The molecule has 1 N–H and O–H groups in total. The van der Waals surface area contributed by atoms with Gasteiger partial charge >= 0.3 is 5.97 Å². The molecular weight excluding hydrogens is 324 g/mol. The van der Waals surface area contributed by atoms with E-state index in [9.17, 15) is 4.79 Å².